The van der Waals surface area contributed by atoms with Crippen molar-refractivity contribution in [2.75, 3.05) is 25.4 Å². The number of nitrogens with one attached hydrogen (secondary N) is 1. The molecule has 128 valence electrons. The molecule has 0 amide bonds. The lowest BCUT2D eigenvalue weighted by molar-refractivity contribution is 0.220. The highest BCUT2D eigenvalue weighted by molar-refractivity contribution is 7.89. The Labute approximate surface area is 140 Å². The lowest BCUT2D eigenvalue weighted by atomic mass is 9.94. The van der Waals surface area contributed by atoms with Crippen molar-refractivity contribution in [1.82, 2.24) is 9.62 Å². The van der Waals surface area contributed by atoms with Crippen LogP contribution in [-0.2, 0) is 10.0 Å². The second-order valence-corrected chi connectivity index (χ2v) is 9.48. The Morgan fingerprint density at radius 1 is 1.27 bits per heavy atom. The van der Waals surface area contributed by atoms with Crippen LogP contribution in [0.25, 0.3) is 0 Å². The van der Waals surface area contributed by atoms with Gasteiger partial charge in [0.15, 0.2) is 0 Å². The van der Waals surface area contributed by atoms with Gasteiger partial charge in [-0.05, 0) is 47.3 Å². The molecule has 0 aliphatic carbocycles. The molecule has 0 saturated heterocycles. The maximum Gasteiger partial charge on any atom is 0.211 e. The molecule has 0 aromatic carbocycles. The highest BCUT2D eigenvalue weighted by Crippen LogP contribution is 2.23. The normalized spacial score (nSPS) is 14.5. The predicted molar refractivity (Wildman–Crippen MR) is 95.8 cm³/mol. The van der Waals surface area contributed by atoms with Crippen LogP contribution in [0.2, 0.25) is 0 Å². The van der Waals surface area contributed by atoms with E-state index in [4.69, 9.17) is 0 Å². The number of nitrogens with zero attached hydrogens (tertiary/aromatic N) is 1. The van der Waals surface area contributed by atoms with Gasteiger partial charge in [0.1, 0.15) is 0 Å². The van der Waals surface area contributed by atoms with Crippen LogP contribution in [0.15, 0.2) is 16.8 Å². The third-order valence-corrected chi connectivity index (χ3v) is 5.85. The molecule has 4 nitrogen and oxygen atoms in total. The summed E-state index contributed by atoms with van der Waals surface area (Å²) in [6, 6.07) is 2.18. The van der Waals surface area contributed by atoms with Gasteiger partial charge in [-0.1, -0.05) is 34.6 Å². The van der Waals surface area contributed by atoms with Crippen molar-refractivity contribution in [3.63, 3.8) is 0 Å². The fourth-order valence-corrected chi connectivity index (χ4v) is 4.45. The third kappa shape index (κ3) is 6.77. The van der Waals surface area contributed by atoms with Crippen LogP contribution in [-0.4, -0.2) is 38.7 Å². The van der Waals surface area contributed by atoms with E-state index >= 15 is 0 Å². The smallest absolute Gasteiger partial charge is 0.211 e. The minimum atomic E-state index is -3.22. The van der Waals surface area contributed by atoms with E-state index in [1.54, 1.807) is 11.3 Å². The topological polar surface area (TPSA) is 49.4 Å². The molecule has 22 heavy (non-hydrogen) atoms. The lowest BCUT2D eigenvalue weighted by Crippen LogP contribution is -2.39. The van der Waals surface area contributed by atoms with Crippen molar-refractivity contribution in [2.24, 2.45) is 5.41 Å². The van der Waals surface area contributed by atoms with Gasteiger partial charge in [0, 0.05) is 12.6 Å². The van der Waals surface area contributed by atoms with Gasteiger partial charge in [0.2, 0.25) is 10.0 Å². The van der Waals surface area contributed by atoms with E-state index in [2.05, 4.69) is 55.7 Å². The van der Waals surface area contributed by atoms with E-state index in [1.165, 1.54) is 5.56 Å². The summed E-state index contributed by atoms with van der Waals surface area (Å²) in [4.78, 5) is 2.29. The molecule has 0 aliphatic rings. The lowest BCUT2D eigenvalue weighted by Gasteiger charge is -2.29. The first-order valence-corrected chi connectivity index (χ1v) is 10.5. The Morgan fingerprint density at radius 2 is 1.91 bits per heavy atom. The van der Waals surface area contributed by atoms with Crippen LogP contribution < -0.4 is 4.72 Å². The largest absolute Gasteiger partial charge is 0.296 e. The molecule has 0 aliphatic heterocycles. The number of thiophene rings is 1. The molecule has 1 heterocycles. The van der Waals surface area contributed by atoms with Crippen LogP contribution in [0.3, 0.4) is 0 Å². The van der Waals surface area contributed by atoms with Crippen molar-refractivity contribution in [2.45, 2.75) is 47.1 Å². The van der Waals surface area contributed by atoms with Crippen molar-refractivity contribution < 1.29 is 8.42 Å². The molecule has 1 aromatic heterocycles. The standard InChI is InChI=1S/C16H30N2O2S2/c1-6-18(7-2)15(14-8-10-21-13-14)12-17-22(19,20)11-9-16(3,4)5/h8,10,13,15,17H,6-7,9,11-12H2,1-5H3. The van der Waals surface area contributed by atoms with Gasteiger partial charge in [-0.3, -0.25) is 4.90 Å². The maximum absolute atomic E-state index is 12.2. The Morgan fingerprint density at radius 3 is 2.36 bits per heavy atom. The summed E-state index contributed by atoms with van der Waals surface area (Å²) in [5.41, 5.74) is 1.22. The summed E-state index contributed by atoms with van der Waals surface area (Å²) in [5.74, 6) is 0.186. The zero-order valence-electron chi connectivity index (χ0n) is 14.4. The third-order valence-electron chi connectivity index (χ3n) is 3.80. The number of hydrogen-bond donors (Lipinski definition) is 1. The van der Waals surface area contributed by atoms with Gasteiger partial charge >= 0.3 is 0 Å². The molecule has 0 saturated carbocycles. The second kappa shape index (κ2) is 8.43. The van der Waals surface area contributed by atoms with E-state index in [0.29, 0.717) is 13.0 Å². The number of sulfonamides is 1. The molecule has 1 aromatic rings. The highest BCUT2D eigenvalue weighted by Gasteiger charge is 2.22. The van der Waals surface area contributed by atoms with Crippen molar-refractivity contribution >= 4 is 21.4 Å². The SMILES string of the molecule is CCN(CC)C(CNS(=O)(=O)CCC(C)(C)C)c1ccsc1. The van der Waals surface area contributed by atoms with E-state index in [-0.39, 0.29) is 17.2 Å². The molecule has 0 spiro atoms. The summed E-state index contributed by atoms with van der Waals surface area (Å²) < 4.78 is 27.3. The number of likely N-dealkylation sites (N-methyl/N-ethyl adjacent to an activating group) is 1. The van der Waals surface area contributed by atoms with Gasteiger partial charge in [0.05, 0.1) is 5.75 Å². The van der Waals surface area contributed by atoms with Crippen molar-refractivity contribution in [1.29, 1.82) is 0 Å². The summed E-state index contributed by atoms with van der Waals surface area (Å²) in [7, 11) is -3.22. The first kappa shape index (κ1) is 19.6. The quantitative estimate of drug-likeness (QED) is 0.744. The van der Waals surface area contributed by atoms with Gasteiger partial charge in [0.25, 0.3) is 0 Å². The predicted octanol–water partition coefficient (Wildman–Crippen LogP) is 3.49. The van der Waals surface area contributed by atoms with E-state index in [1.807, 2.05) is 5.38 Å². The minimum absolute atomic E-state index is 0.0282. The fourth-order valence-electron chi connectivity index (χ4n) is 2.31. The highest BCUT2D eigenvalue weighted by atomic mass is 32.2. The summed E-state index contributed by atoms with van der Waals surface area (Å²) in [6.45, 7) is 12.6. The Kier molecular flexibility index (Phi) is 7.52. The number of rotatable bonds is 9. The molecule has 0 fully saturated rings. The summed E-state index contributed by atoms with van der Waals surface area (Å²) in [6.07, 6.45) is 0.663. The first-order valence-electron chi connectivity index (χ1n) is 7.92. The van der Waals surface area contributed by atoms with Gasteiger partial charge in [-0.15, -0.1) is 0 Å². The molecule has 0 bridgehead atoms. The van der Waals surface area contributed by atoms with Crippen LogP contribution in [0, 0.1) is 5.41 Å². The van der Waals surface area contributed by atoms with Crippen molar-refractivity contribution in [3.8, 4) is 0 Å². The molecular weight excluding hydrogens is 316 g/mol. The zero-order chi connectivity index (χ0) is 16.8. The Hall–Kier alpha value is -0.430. The molecule has 1 atom stereocenters. The van der Waals surface area contributed by atoms with Gasteiger partial charge in [-0.25, -0.2) is 13.1 Å². The van der Waals surface area contributed by atoms with Crippen LogP contribution in [0.4, 0.5) is 0 Å². The van der Waals surface area contributed by atoms with Crippen LogP contribution >= 0.6 is 11.3 Å². The van der Waals surface area contributed by atoms with Crippen molar-refractivity contribution in [3.05, 3.63) is 22.4 Å². The van der Waals surface area contributed by atoms with Crippen LogP contribution in [0.5, 0.6) is 0 Å². The number of hydrogen-bond acceptors (Lipinski definition) is 4. The molecule has 1 rings (SSSR count). The summed E-state index contributed by atoms with van der Waals surface area (Å²) in [5, 5.41) is 4.15. The van der Waals surface area contributed by atoms with Crippen LogP contribution in [0.1, 0.15) is 52.6 Å². The minimum Gasteiger partial charge on any atom is -0.296 e. The molecular formula is C16H30N2O2S2. The Balaban J connectivity index is 2.71. The van der Waals surface area contributed by atoms with E-state index < -0.39 is 10.0 Å². The molecule has 1 unspecified atom stereocenters. The molecule has 6 heteroatoms. The fraction of sp³-hybridized carbons (Fsp3) is 0.750. The molecule has 1 N–H and O–H groups in total. The monoisotopic (exact) mass is 346 g/mol. The summed E-state index contributed by atoms with van der Waals surface area (Å²) >= 11 is 1.65. The van der Waals surface area contributed by atoms with E-state index in [0.717, 1.165) is 13.1 Å². The van der Waals surface area contributed by atoms with Gasteiger partial charge in [-0.2, -0.15) is 11.3 Å². The first-order chi connectivity index (χ1) is 10.2. The zero-order valence-corrected chi connectivity index (χ0v) is 16.1. The Bertz CT molecular complexity index is 515. The maximum atomic E-state index is 12.2. The second-order valence-electron chi connectivity index (χ2n) is 6.77. The average Bonchev–Trinajstić information content (AvgIpc) is 2.94. The van der Waals surface area contributed by atoms with Gasteiger partial charge < -0.3 is 0 Å². The molecule has 0 radical (unpaired) electrons. The van der Waals surface area contributed by atoms with E-state index in [9.17, 15) is 8.42 Å². The average molecular weight is 347 g/mol.